The van der Waals surface area contributed by atoms with Gasteiger partial charge in [0.1, 0.15) is 0 Å². The normalized spacial score (nSPS) is 15.5. The van der Waals surface area contributed by atoms with Crippen LogP contribution in [0, 0.1) is 0 Å². The molecule has 10 aromatic rings. The first-order valence-corrected chi connectivity index (χ1v) is 23.2. The van der Waals surface area contributed by atoms with Crippen molar-refractivity contribution in [3.8, 4) is 11.1 Å². The van der Waals surface area contributed by atoms with Crippen LogP contribution in [0.3, 0.4) is 0 Å². The van der Waals surface area contributed by atoms with Gasteiger partial charge in [-0.05, 0) is 116 Å². The van der Waals surface area contributed by atoms with Gasteiger partial charge in [-0.1, -0.05) is 213 Å². The van der Waals surface area contributed by atoms with Crippen molar-refractivity contribution in [3.05, 3.63) is 262 Å². The summed E-state index contributed by atoms with van der Waals surface area (Å²) in [6.07, 6.45) is 2.99. The zero-order chi connectivity index (χ0) is 41.6. The molecule has 0 fully saturated rings. The number of rotatable bonds is 11. The van der Waals surface area contributed by atoms with E-state index < -0.39 is 0 Å². The number of fused-ring (bicyclic) bond motifs is 8. The topological polar surface area (TPSA) is 0 Å². The van der Waals surface area contributed by atoms with Crippen LogP contribution in [-0.4, -0.2) is 0 Å². The highest BCUT2D eigenvalue weighted by Crippen LogP contribution is 2.56. The maximum atomic E-state index is 2.60. The molecule has 1 aliphatic rings. The van der Waals surface area contributed by atoms with E-state index in [0.717, 1.165) is 19.3 Å². The Labute approximate surface area is 370 Å². The molecule has 3 atom stereocenters. The average molecular weight is 815 g/mol. The molecular formula is C61H50S. The number of thiophene rings is 1. The second-order valence-electron chi connectivity index (χ2n) is 17.6. The Bertz CT molecular complexity index is 3140. The van der Waals surface area contributed by atoms with E-state index >= 15 is 0 Å². The minimum Gasteiger partial charge on any atom is -0.135 e. The Morgan fingerprint density at radius 2 is 1.10 bits per heavy atom. The van der Waals surface area contributed by atoms with Crippen molar-refractivity contribution in [2.24, 2.45) is 0 Å². The molecule has 62 heavy (non-hydrogen) atoms. The van der Waals surface area contributed by atoms with E-state index in [0.29, 0.717) is 5.92 Å². The van der Waals surface area contributed by atoms with E-state index in [4.69, 9.17) is 0 Å². The van der Waals surface area contributed by atoms with Crippen molar-refractivity contribution >= 4 is 42.3 Å². The van der Waals surface area contributed by atoms with Gasteiger partial charge in [0.15, 0.2) is 0 Å². The molecule has 1 aliphatic carbocycles. The first-order valence-electron chi connectivity index (χ1n) is 22.4. The average Bonchev–Trinajstić information content (AvgIpc) is 3.85. The Morgan fingerprint density at radius 3 is 1.81 bits per heavy atom. The highest BCUT2D eigenvalue weighted by atomic mass is 32.1. The molecule has 0 aliphatic heterocycles. The second-order valence-corrected chi connectivity index (χ2v) is 18.7. The van der Waals surface area contributed by atoms with Gasteiger partial charge in [-0.25, -0.2) is 0 Å². The van der Waals surface area contributed by atoms with Gasteiger partial charge in [0.25, 0.3) is 0 Å². The summed E-state index contributed by atoms with van der Waals surface area (Å²) in [5, 5.41) is 5.45. The number of hydrogen-bond donors (Lipinski definition) is 0. The van der Waals surface area contributed by atoms with Crippen molar-refractivity contribution in [2.45, 2.75) is 56.3 Å². The maximum Gasteiger partial charge on any atom is 0.0435 e. The van der Waals surface area contributed by atoms with Gasteiger partial charge in [-0.2, -0.15) is 0 Å². The molecular weight excluding hydrogens is 765 g/mol. The molecule has 300 valence electrons. The first-order chi connectivity index (χ1) is 30.6. The molecule has 1 heterocycles. The number of aryl methyl sites for hydroxylation is 1. The van der Waals surface area contributed by atoms with E-state index in [2.05, 4.69) is 226 Å². The summed E-state index contributed by atoms with van der Waals surface area (Å²) in [5.41, 5.74) is 15.0. The lowest BCUT2D eigenvalue weighted by molar-refractivity contribution is 0.575. The van der Waals surface area contributed by atoms with E-state index in [1.54, 1.807) is 0 Å². The predicted octanol–water partition coefficient (Wildman–Crippen LogP) is 16.4. The Balaban J connectivity index is 1.05. The maximum absolute atomic E-state index is 2.60. The Kier molecular flexibility index (Phi) is 9.94. The van der Waals surface area contributed by atoms with Gasteiger partial charge >= 0.3 is 0 Å². The van der Waals surface area contributed by atoms with E-state index in [-0.39, 0.29) is 17.3 Å². The van der Waals surface area contributed by atoms with Crippen molar-refractivity contribution < 1.29 is 0 Å². The van der Waals surface area contributed by atoms with Crippen LogP contribution in [-0.2, 0) is 18.3 Å². The standard InChI is InChI=1S/C61H50S/c1-41(55(38-42-20-7-3-8-21-42)53-32-19-31-52-50-29-17-18-33-58(50)62-60(52)53)45-34-37-54-56(39-45)61(2,47-26-13-6-14-27-47)57-40-46(49-28-15-16-30-51(49)59(54)57)35-36-48(43-22-9-4-10-23-43)44-24-11-5-12-25-44/h3-34,37,39-41,48,55H,35-36,38H2,1-2H3. The van der Waals surface area contributed by atoms with Crippen LogP contribution >= 0.6 is 11.3 Å². The SMILES string of the molecule is CC(c1ccc2c(c1)C(C)(c1ccccc1)c1cc(CCC(c3ccccc3)c3ccccc3)c3ccccc3c1-2)C(Cc1ccccc1)c1cccc2c1sc1ccccc12. The fourth-order valence-electron chi connectivity index (χ4n) is 11.0. The van der Waals surface area contributed by atoms with Gasteiger partial charge in [0, 0.05) is 31.5 Å². The van der Waals surface area contributed by atoms with E-state index in [1.807, 2.05) is 11.3 Å². The fourth-order valence-corrected chi connectivity index (χ4v) is 12.2. The number of hydrogen-bond acceptors (Lipinski definition) is 1. The van der Waals surface area contributed by atoms with Crippen LogP contribution in [0.25, 0.3) is 42.1 Å². The van der Waals surface area contributed by atoms with Crippen molar-refractivity contribution in [1.82, 2.24) is 0 Å². The molecule has 0 nitrogen and oxygen atoms in total. The van der Waals surface area contributed by atoms with Crippen molar-refractivity contribution in [1.29, 1.82) is 0 Å². The third-order valence-corrected chi connectivity index (χ3v) is 15.5. The summed E-state index contributed by atoms with van der Waals surface area (Å²) in [6.45, 7) is 4.98. The summed E-state index contributed by atoms with van der Waals surface area (Å²) in [7, 11) is 0. The first kappa shape index (κ1) is 38.4. The van der Waals surface area contributed by atoms with Crippen LogP contribution in [0.15, 0.2) is 212 Å². The molecule has 0 radical (unpaired) electrons. The smallest absolute Gasteiger partial charge is 0.0435 e. The van der Waals surface area contributed by atoms with Gasteiger partial charge in [0.05, 0.1) is 0 Å². The van der Waals surface area contributed by atoms with Gasteiger partial charge < -0.3 is 0 Å². The summed E-state index contributed by atoms with van der Waals surface area (Å²) in [6, 6.07) is 79.9. The predicted molar refractivity (Wildman–Crippen MR) is 265 cm³/mol. The van der Waals surface area contributed by atoms with E-state index in [1.165, 1.54) is 92.1 Å². The molecule has 0 N–H and O–H groups in total. The second kappa shape index (κ2) is 16.1. The Hall–Kier alpha value is -6.54. The van der Waals surface area contributed by atoms with Crippen LogP contribution < -0.4 is 0 Å². The molecule has 0 amide bonds. The molecule has 0 bridgehead atoms. The van der Waals surface area contributed by atoms with Crippen LogP contribution in [0.2, 0.25) is 0 Å². The summed E-state index contributed by atoms with van der Waals surface area (Å²) >= 11 is 1.95. The van der Waals surface area contributed by atoms with Crippen molar-refractivity contribution in [2.75, 3.05) is 0 Å². The molecule has 9 aromatic carbocycles. The van der Waals surface area contributed by atoms with Crippen molar-refractivity contribution in [3.63, 3.8) is 0 Å². The number of benzene rings is 9. The van der Waals surface area contributed by atoms with Crippen LogP contribution in [0.4, 0.5) is 0 Å². The lowest BCUT2D eigenvalue weighted by Gasteiger charge is -2.31. The van der Waals surface area contributed by atoms with Gasteiger partial charge in [-0.3, -0.25) is 0 Å². The molecule has 1 aromatic heterocycles. The zero-order valence-corrected chi connectivity index (χ0v) is 36.3. The molecule has 0 saturated heterocycles. The summed E-state index contributed by atoms with van der Waals surface area (Å²) in [5.74, 6) is 0.863. The van der Waals surface area contributed by atoms with Gasteiger partial charge in [0.2, 0.25) is 0 Å². The zero-order valence-electron chi connectivity index (χ0n) is 35.5. The molecule has 0 saturated carbocycles. The Morgan fingerprint density at radius 1 is 0.500 bits per heavy atom. The molecule has 3 unspecified atom stereocenters. The van der Waals surface area contributed by atoms with E-state index in [9.17, 15) is 0 Å². The van der Waals surface area contributed by atoms with Crippen LogP contribution in [0.5, 0.6) is 0 Å². The summed E-state index contributed by atoms with van der Waals surface area (Å²) < 4.78 is 2.78. The fraction of sp³-hybridized carbons (Fsp3) is 0.148. The highest BCUT2D eigenvalue weighted by molar-refractivity contribution is 7.26. The largest absolute Gasteiger partial charge is 0.135 e. The molecule has 11 rings (SSSR count). The monoisotopic (exact) mass is 814 g/mol. The minimum atomic E-state index is -0.334. The summed E-state index contributed by atoms with van der Waals surface area (Å²) in [4.78, 5) is 0. The third kappa shape index (κ3) is 6.59. The highest BCUT2D eigenvalue weighted by Gasteiger charge is 2.43. The molecule has 0 spiro atoms. The molecule has 1 heteroatoms. The minimum absolute atomic E-state index is 0.264. The van der Waals surface area contributed by atoms with Crippen LogP contribution in [0.1, 0.15) is 88.1 Å². The lowest BCUT2D eigenvalue weighted by atomic mass is 9.72. The lowest BCUT2D eigenvalue weighted by Crippen LogP contribution is -2.23. The third-order valence-electron chi connectivity index (χ3n) is 14.2. The quantitative estimate of drug-likeness (QED) is 0.122. The van der Waals surface area contributed by atoms with Gasteiger partial charge in [-0.15, -0.1) is 11.3 Å².